The van der Waals surface area contributed by atoms with Crippen molar-refractivity contribution < 1.29 is 0 Å². The van der Waals surface area contributed by atoms with Crippen molar-refractivity contribution >= 4 is 0 Å². The van der Waals surface area contributed by atoms with Gasteiger partial charge >= 0.3 is 0 Å². The second-order valence-electron chi connectivity index (χ2n) is 3.21. The summed E-state index contributed by atoms with van der Waals surface area (Å²) in [6, 6.07) is 10.5. The zero-order valence-corrected chi connectivity index (χ0v) is 9.17. The van der Waals surface area contributed by atoms with Gasteiger partial charge in [0.1, 0.15) is 0 Å². The summed E-state index contributed by atoms with van der Waals surface area (Å²) in [6.07, 6.45) is 3.22. The molecule has 0 amide bonds. The molecule has 0 heteroatoms. The van der Waals surface area contributed by atoms with Gasteiger partial charge in [-0.05, 0) is 32.8 Å². The molecule has 0 heterocycles. The molecule has 0 aliphatic rings. The minimum absolute atomic E-state index is 1.14. The lowest BCUT2D eigenvalue weighted by Crippen LogP contribution is -1.73. The molecule has 0 aliphatic carbocycles. The lowest BCUT2D eigenvalue weighted by Gasteiger charge is -1.89. The zero-order chi connectivity index (χ0) is 10.1. The lowest BCUT2D eigenvalue weighted by molar-refractivity contribution is 1.14. The molecule has 0 spiro atoms. The first-order chi connectivity index (χ1) is 6.20. The van der Waals surface area contributed by atoms with Crippen LogP contribution in [0.25, 0.3) is 0 Å². The minimum atomic E-state index is 1.14. The maximum Gasteiger partial charge on any atom is -0.0307 e. The van der Waals surface area contributed by atoms with Gasteiger partial charge in [0.2, 0.25) is 0 Å². The van der Waals surface area contributed by atoms with Crippen LogP contribution < -0.4 is 0 Å². The highest BCUT2D eigenvalue weighted by Gasteiger charge is 1.79. The van der Waals surface area contributed by atoms with Gasteiger partial charge < -0.3 is 0 Å². The van der Waals surface area contributed by atoms with Gasteiger partial charge in [-0.3, -0.25) is 0 Å². The van der Waals surface area contributed by atoms with Crippen molar-refractivity contribution in [1.29, 1.82) is 0 Å². The van der Waals surface area contributed by atoms with E-state index in [-0.39, 0.29) is 0 Å². The molecule has 1 rings (SSSR count). The third kappa shape index (κ3) is 7.32. The molecule has 0 aromatic heterocycles. The van der Waals surface area contributed by atoms with Crippen LogP contribution in [-0.4, -0.2) is 0 Å². The molecule has 0 N–H and O–H groups in total. The molecule has 0 bridgehead atoms. The smallest absolute Gasteiger partial charge is 0.0307 e. The molecule has 72 valence electrons. The normalized spacial score (nSPS) is 8.31. The Morgan fingerprint density at radius 3 is 1.85 bits per heavy atom. The van der Waals surface area contributed by atoms with E-state index >= 15 is 0 Å². The Morgan fingerprint density at radius 2 is 1.62 bits per heavy atom. The van der Waals surface area contributed by atoms with Crippen molar-refractivity contribution in [2.24, 2.45) is 0 Å². The Hall–Kier alpha value is -1.04. The van der Waals surface area contributed by atoms with Crippen molar-refractivity contribution in [2.75, 3.05) is 0 Å². The lowest BCUT2D eigenvalue weighted by atomic mass is 10.2. The van der Waals surface area contributed by atoms with E-state index in [0.29, 0.717) is 0 Å². The van der Waals surface area contributed by atoms with Gasteiger partial charge in [-0.25, -0.2) is 0 Å². The molecule has 0 atom stereocenters. The molecule has 0 fully saturated rings. The maximum absolute atomic E-state index is 2.16. The number of benzene rings is 1. The molecule has 0 saturated carbocycles. The topological polar surface area (TPSA) is 0 Å². The van der Waals surface area contributed by atoms with Crippen LogP contribution in [0.5, 0.6) is 0 Å². The van der Waals surface area contributed by atoms with Crippen molar-refractivity contribution in [3.05, 3.63) is 47.5 Å². The highest BCUT2D eigenvalue weighted by atomic mass is 13.9. The first-order valence-corrected chi connectivity index (χ1v) is 4.84. The van der Waals surface area contributed by atoms with Crippen LogP contribution in [0.3, 0.4) is 0 Å². The fourth-order valence-corrected chi connectivity index (χ4v) is 0.714. The van der Waals surface area contributed by atoms with E-state index in [2.05, 4.69) is 51.1 Å². The summed E-state index contributed by atoms with van der Waals surface area (Å²) >= 11 is 0. The summed E-state index contributed by atoms with van der Waals surface area (Å²) < 4.78 is 0. The van der Waals surface area contributed by atoms with Crippen LogP contribution in [0.15, 0.2) is 42.0 Å². The molecule has 0 radical (unpaired) electrons. The minimum Gasteiger partial charge on any atom is -0.0890 e. The molecular weight excluding hydrogens is 156 g/mol. The van der Waals surface area contributed by atoms with Crippen LogP contribution in [0.4, 0.5) is 0 Å². The van der Waals surface area contributed by atoms with Gasteiger partial charge in [0.15, 0.2) is 0 Å². The molecular formula is C13H20. The van der Waals surface area contributed by atoms with Crippen LogP contribution in [-0.2, 0) is 6.42 Å². The van der Waals surface area contributed by atoms with E-state index in [0.717, 1.165) is 6.42 Å². The Morgan fingerprint density at radius 1 is 1.15 bits per heavy atom. The van der Waals surface area contributed by atoms with Crippen molar-refractivity contribution in [3.8, 4) is 0 Å². The first kappa shape index (κ1) is 12.0. The van der Waals surface area contributed by atoms with E-state index < -0.39 is 0 Å². The second-order valence-corrected chi connectivity index (χ2v) is 3.21. The molecule has 1 aromatic carbocycles. The first-order valence-electron chi connectivity index (χ1n) is 4.84. The highest BCUT2D eigenvalue weighted by Crippen LogP contribution is 1.96. The number of hydrogen-bond acceptors (Lipinski definition) is 0. The van der Waals surface area contributed by atoms with E-state index in [1.165, 1.54) is 11.1 Å². The van der Waals surface area contributed by atoms with Gasteiger partial charge in [-0.1, -0.05) is 48.9 Å². The average Bonchev–Trinajstić information content (AvgIpc) is 2.20. The summed E-state index contributed by atoms with van der Waals surface area (Å²) in [5, 5.41) is 0. The van der Waals surface area contributed by atoms with Crippen molar-refractivity contribution in [2.45, 2.75) is 34.1 Å². The SMILES string of the molecule is CC=C(C)C.CCc1ccccc1. The van der Waals surface area contributed by atoms with E-state index in [1.807, 2.05) is 13.0 Å². The number of allylic oxidation sites excluding steroid dienone is 2. The zero-order valence-electron chi connectivity index (χ0n) is 9.17. The average molecular weight is 176 g/mol. The predicted molar refractivity (Wildman–Crippen MR) is 60.9 cm³/mol. The monoisotopic (exact) mass is 176 g/mol. The number of rotatable bonds is 1. The van der Waals surface area contributed by atoms with Crippen LogP contribution >= 0.6 is 0 Å². The molecule has 0 aliphatic heterocycles. The number of hydrogen-bond donors (Lipinski definition) is 0. The van der Waals surface area contributed by atoms with Gasteiger partial charge in [0.05, 0.1) is 0 Å². The Kier molecular flexibility index (Phi) is 6.99. The van der Waals surface area contributed by atoms with Gasteiger partial charge in [0, 0.05) is 0 Å². The number of aryl methyl sites for hydroxylation is 1. The fourth-order valence-electron chi connectivity index (χ4n) is 0.714. The maximum atomic E-state index is 2.16. The molecule has 0 nitrogen and oxygen atoms in total. The molecule has 0 unspecified atom stereocenters. The third-order valence-electron chi connectivity index (χ3n) is 1.83. The molecule has 1 aromatic rings. The Labute approximate surface area is 82.3 Å². The highest BCUT2D eigenvalue weighted by molar-refractivity contribution is 5.13. The largest absolute Gasteiger partial charge is 0.0890 e. The van der Waals surface area contributed by atoms with Crippen molar-refractivity contribution in [3.63, 3.8) is 0 Å². The van der Waals surface area contributed by atoms with Crippen LogP contribution in [0, 0.1) is 0 Å². The summed E-state index contributed by atoms with van der Waals surface area (Å²) in [5.74, 6) is 0. The quantitative estimate of drug-likeness (QED) is 0.562. The summed E-state index contributed by atoms with van der Waals surface area (Å²) in [4.78, 5) is 0. The van der Waals surface area contributed by atoms with Gasteiger partial charge in [-0.2, -0.15) is 0 Å². The van der Waals surface area contributed by atoms with E-state index in [4.69, 9.17) is 0 Å². The Balaban J connectivity index is 0.000000252. The van der Waals surface area contributed by atoms with Crippen molar-refractivity contribution in [1.82, 2.24) is 0 Å². The summed E-state index contributed by atoms with van der Waals surface area (Å²) in [6.45, 7) is 8.37. The predicted octanol–water partition coefficient (Wildman–Crippen LogP) is 4.22. The Bertz CT molecular complexity index is 227. The molecule has 13 heavy (non-hydrogen) atoms. The van der Waals surface area contributed by atoms with E-state index in [9.17, 15) is 0 Å². The van der Waals surface area contributed by atoms with E-state index in [1.54, 1.807) is 0 Å². The second kappa shape index (κ2) is 7.60. The standard InChI is InChI=1S/C8H10.C5H10/c1-2-8-6-4-3-5-7-8;1-4-5(2)3/h3-7H,2H2,1H3;4H,1-3H3. The molecule has 0 saturated heterocycles. The van der Waals surface area contributed by atoms with Gasteiger partial charge in [0.25, 0.3) is 0 Å². The van der Waals surface area contributed by atoms with Gasteiger partial charge in [-0.15, -0.1) is 0 Å². The summed E-state index contributed by atoms with van der Waals surface area (Å²) in [7, 11) is 0. The van der Waals surface area contributed by atoms with Crippen LogP contribution in [0.2, 0.25) is 0 Å². The fraction of sp³-hybridized carbons (Fsp3) is 0.385. The van der Waals surface area contributed by atoms with Crippen LogP contribution in [0.1, 0.15) is 33.3 Å². The summed E-state index contributed by atoms with van der Waals surface area (Å²) in [5.41, 5.74) is 2.79. The third-order valence-corrected chi connectivity index (χ3v) is 1.83.